The number of nitrogens with one attached hydrogen (secondary N) is 1. The van der Waals surface area contributed by atoms with E-state index in [4.69, 9.17) is 4.74 Å². The van der Waals surface area contributed by atoms with Crippen LogP contribution in [0.5, 0.6) is 5.75 Å². The molecule has 1 atom stereocenters. The van der Waals surface area contributed by atoms with Crippen molar-refractivity contribution >= 4 is 17.5 Å². The first kappa shape index (κ1) is 17.9. The molecule has 0 aromatic heterocycles. The number of carbonyl (C=O) groups is 2. The summed E-state index contributed by atoms with van der Waals surface area (Å²) >= 11 is 0. The number of methoxy groups -OCH3 is 1. The quantitative estimate of drug-likeness (QED) is 0.908. The van der Waals surface area contributed by atoms with E-state index in [1.807, 2.05) is 36.4 Å². The highest BCUT2D eigenvalue weighted by Crippen LogP contribution is 2.31. The molecule has 0 saturated heterocycles. The molecular formula is C21H22N2O3. The van der Waals surface area contributed by atoms with Crippen LogP contribution in [-0.4, -0.2) is 24.6 Å². The average molecular weight is 350 g/mol. The Balaban J connectivity index is 1.77. The molecule has 1 aromatic rings. The van der Waals surface area contributed by atoms with Crippen molar-refractivity contribution in [2.24, 2.45) is 16.8 Å². The highest BCUT2D eigenvalue weighted by atomic mass is 16.5. The minimum Gasteiger partial charge on any atom is -0.497 e. The number of benzene rings is 1. The lowest BCUT2D eigenvalue weighted by molar-refractivity contribution is -0.117. The number of carbonyl (C=O) groups excluding carboxylic acids is 2. The Morgan fingerprint density at radius 2 is 2.12 bits per heavy atom. The summed E-state index contributed by atoms with van der Waals surface area (Å²) in [6, 6.07) is 7.37. The Morgan fingerprint density at radius 3 is 2.85 bits per heavy atom. The third-order valence-corrected chi connectivity index (χ3v) is 4.43. The van der Waals surface area contributed by atoms with E-state index in [1.165, 1.54) is 0 Å². The molecule has 0 fully saturated rings. The molecule has 1 aliphatic heterocycles. The predicted octanol–water partition coefficient (Wildman–Crippen LogP) is 2.99. The fraction of sp³-hybridized carbons (Fsp3) is 0.286. The van der Waals surface area contributed by atoms with Crippen molar-refractivity contribution in [3.05, 3.63) is 65.4 Å². The van der Waals surface area contributed by atoms with Gasteiger partial charge in [0.15, 0.2) is 0 Å². The first-order valence-corrected chi connectivity index (χ1v) is 8.63. The Hall–Kier alpha value is -2.95. The second-order valence-electron chi connectivity index (χ2n) is 6.68. The van der Waals surface area contributed by atoms with Crippen LogP contribution in [0, 0.1) is 11.8 Å². The summed E-state index contributed by atoms with van der Waals surface area (Å²) in [4.78, 5) is 28.4. The van der Waals surface area contributed by atoms with Crippen LogP contribution in [0.25, 0.3) is 0 Å². The predicted molar refractivity (Wildman–Crippen MR) is 101 cm³/mol. The summed E-state index contributed by atoms with van der Waals surface area (Å²) in [5.41, 5.74) is 3.24. The van der Waals surface area contributed by atoms with Crippen LogP contribution >= 0.6 is 0 Å². The van der Waals surface area contributed by atoms with Crippen LogP contribution in [0.1, 0.15) is 19.4 Å². The van der Waals surface area contributed by atoms with Crippen molar-refractivity contribution in [3.63, 3.8) is 0 Å². The number of rotatable bonds is 4. The monoisotopic (exact) mass is 350 g/mol. The van der Waals surface area contributed by atoms with Gasteiger partial charge in [0, 0.05) is 17.7 Å². The van der Waals surface area contributed by atoms with Crippen LogP contribution in [-0.2, 0) is 16.0 Å². The van der Waals surface area contributed by atoms with E-state index in [0.29, 0.717) is 11.5 Å². The van der Waals surface area contributed by atoms with E-state index in [-0.39, 0.29) is 30.1 Å². The third kappa shape index (κ3) is 3.99. The zero-order valence-electron chi connectivity index (χ0n) is 15.2. The number of hydrogen-bond donors (Lipinski definition) is 1. The third-order valence-electron chi connectivity index (χ3n) is 4.43. The normalized spacial score (nSPS) is 20.4. The van der Waals surface area contributed by atoms with Crippen LogP contribution in [0.2, 0.25) is 0 Å². The zero-order valence-corrected chi connectivity index (χ0v) is 15.2. The molecule has 1 aromatic carbocycles. The lowest BCUT2D eigenvalue weighted by Gasteiger charge is -2.29. The number of allylic oxidation sites excluding steroid dienone is 3. The van der Waals surface area contributed by atoms with E-state index in [1.54, 1.807) is 19.3 Å². The molecule has 2 amide bonds. The highest BCUT2D eigenvalue weighted by molar-refractivity contribution is 6.11. The summed E-state index contributed by atoms with van der Waals surface area (Å²) in [7, 11) is 1.59. The van der Waals surface area contributed by atoms with Gasteiger partial charge in [-0.2, -0.15) is 0 Å². The number of hydrogen-bond acceptors (Lipinski definition) is 3. The van der Waals surface area contributed by atoms with Gasteiger partial charge in [-0.25, -0.2) is 4.99 Å². The summed E-state index contributed by atoms with van der Waals surface area (Å²) in [6.45, 7) is 4.13. The van der Waals surface area contributed by atoms with Gasteiger partial charge in [-0.05, 0) is 41.3 Å². The Bertz CT molecular complexity index is 860. The fourth-order valence-electron chi connectivity index (χ4n) is 3.16. The molecule has 1 heterocycles. The molecule has 5 nitrogen and oxygen atoms in total. The second kappa shape index (κ2) is 7.52. The standard InChI is InChI=1S/C21H22N2O3/c1-13(2)18-12-21(25)23-19-11-15(7-8-17(18)19)22-20(24)10-14-5-4-6-16(9-14)26-3/h4-9,11-13,17H,10H2,1-3H3,(H,23,25). The van der Waals surface area contributed by atoms with E-state index >= 15 is 0 Å². The number of amides is 2. The topological polar surface area (TPSA) is 67.8 Å². The van der Waals surface area contributed by atoms with Crippen molar-refractivity contribution in [3.8, 4) is 5.75 Å². The Kier molecular flexibility index (Phi) is 5.16. The van der Waals surface area contributed by atoms with E-state index in [9.17, 15) is 9.59 Å². The number of fused-ring (bicyclic) bond motifs is 1. The summed E-state index contributed by atoms with van der Waals surface area (Å²) in [6.07, 6.45) is 7.46. The maximum absolute atomic E-state index is 12.3. The SMILES string of the molecule is COc1cccc(CC(=O)N=C2C=CC3C(=C2)NC(=O)C=C3C(C)C)c1. The largest absolute Gasteiger partial charge is 0.497 e. The van der Waals surface area contributed by atoms with Crippen molar-refractivity contribution in [1.82, 2.24) is 5.32 Å². The molecular weight excluding hydrogens is 328 g/mol. The molecule has 0 bridgehead atoms. The van der Waals surface area contributed by atoms with E-state index in [2.05, 4.69) is 24.2 Å². The summed E-state index contributed by atoms with van der Waals surface area (Å²) in [5.74, 6) is 0.652. The van der Waals surface area contributed by atoms with Crippen LogP contribution in [0.15, 0.2) is 64.8 Å². The molecule has 5 heteroatoms. The molecule has 0 saturated carbocycles. The van der Waals surface area contributed by atoms with Gasteiger partial charge >= 0.3 is 0 Å². The molecule has 1 N–H and O–H groups in total. The molecule has 134 valence electrons. The Morgan fingerprint density at radius 1 is 1.31 bits per heavy atom. The minimum absolute atomic E-state index is 0.0418. The van der Waals surface area contributed by atoms with Gasteiger partial charge in [0.1, 0.15) is 5.75 Å². The van der Waals surface area contributed by atoms with Gasteiger partial charge in [-0.1, -0.05) is 32.1 Å². The maximum Gasteiger partial charge on any atom is 0.250 e. The summed E-state index contributed by atoms with van der Waals surface area (Å²) in [5, 5.41) is 2.86. The molecule has 3 rings (SSSR count). The average Bonchev–Trinajstić information content (AvgIpc) is 2.60. The van der Waals surface area contributed by atoms with Crippen LogP contribution in [0.3, 0.4) is 0 Å². The van der Waals surface area contributed by atoms with E-state index in [0.717, 1.165) is 16.8 Å². The second-order valence-corrected chi connectivity index (χ2v) is 6.68. The lowest BCUT2D eigenvalue weighted by atomic mass is 9.82. The molecule has 1 aliphatic carbocycles. The number of nitrogens with zero attached hydrogens (tertiary/aromatic N) is 1. The van der Waals surface area contributed by atoms with Gasteiger partial charge < -0.3 is 10.1 Å². The van der Waals surface area contributed by atoms with Crippen molar-refractivity contribution in [2.45, 2.75) is 20.3 Å². The van der Waals surface area contributed by atoms with Gasteiger partial charge in [-0.15, -0.1) is 0 Å². The number of ether oxygens (including phenoxy) is 1. The van der Waals surface area contributed by atoms with Gasteiger partial charge in [0.05, 0.1) is 19.2 Å². The van der Waals surface area contributed by atoms with Crippen LogP contribution < -0.4 is 10.1 Å². The maximum atomic E-state index is 12.3. The molecule has 0 radical (unpaired) electrons. The first-order chi connectivity index (χ1) is 12.5. The van der Waals surface area contributed by atoms with Gasteiger partial charge in [-0.3, -0.25) is 9.59 Å². The minimum atomic E-state index is -0.241. The van der Waals surface area contributed by atoms with Gasteiger partial charge in [0.2, 0.25) is 5.91 Å². The lowest BCUT2D eigenvalue weighted by Crippen LogP contribution is -2.34. The summed E-state index contributed by atoms with van der Waals surface area (Å²) < 4.78 is 5.17. The zero-order chi connectivity index (χ0) is 18.7. The molecule has 2 aliphatic rings. The molecule has 26 heavy (non-hydrogen) atoms. The fourth-order valence-corrected chi connectivity index (χ4v) is 3.16. The smallest absolute Gasteiger partial charge is 0.250 e. The molecule has 0 spiro atoms. The number of aliphatic imine (C=N–C) groups is 1. The van der Waals surface area contributed by atoms with Crippen LogP contribution in [0.4, 0.5) is 0 Å². The van der Waals surface area contributed by atoms with Crippen molar-refractivity contribution < 1.29 is 14.3 Å². The van der Waals surface area contributed by atoms with Crippen molar-refractivity contribution in [1.29, 1.82) is 0 Å². The molecule has 1 unspecified atom stereocenters. The van der Waals surface area contributed by atoms with Gasteiger partial charge in [0.25, 0.3) is 5.91 Å². The van der Waals surface area contributed by atoms with Crippen molar-refractivity contribution in [2.75, 3.05) is 7.11 Å². The Labute approximate surface area is 153 Å². The van der Waals surface area contributed by atoms with E-state index < -0.39 is 0 Å². The highest BCUT2D eigenvalue weighted by Gasteiger charge is 2.27. The first-order valence-electron chi connectivity index (χ1n) is 8.63.